The summed E-state index contributed by atoms with van der Waals surface area (Å²) >= 11 is 12.0. The van der Waals surface area contributed by atoms with Gasteiger partial charge < -0.3 is 5.32 Å². The lowest BCUT2D eigenvalue weighted by Crippen LogP contribution is -2.54. The van der Waals surface area contributed by atoms with Crippen LogP contribution in [0.4, 0.5) is 17.6 Å². The first-order valence-corrected chi connectivity index (χ1v) is 12.8. The summed E-state index contributed by atoms with van der Waals surface area (Å²) in [6.07, 6.45) is -4.46. The molecule has 2 aromatic rings. The van der Waals surface area contributed by atoms with Crippen LogP contribution in [0.5, 0.6) is 0 Å². The normalized spacial score (nSPS) is 16.7. The van der Waals surface area contributed by atoms with Gasteiger partial charge in [0.2, 0.25) is 5.91 Å². The lowest BCUT2D eigenvalue weighted by molar-refractivity contribution is -0.160. The summed E-state index contributed by atoms with van der Waals surface area (Å²) in [4.78, 5) is 12.9. The molecule has 0 unspecified atom stereocenters. The zero-order chi connectivity index (χ0) is 26.0. The van der Waals surface area contributed by atoms with E-state index in [0.29, 0.717) is 6.07 Å². The Balaban J connectivity index is 1.94. The summed E-state index contributed by atoms with van der Waals surface area (Å²) in [5.41, 5.74) is -1.79. The van der Waals surface area contributed by atoms with Gasteiger partial charge in [0.05, 0.1) is 17.6 Å². The van der Waals surface area contributed by atoms with Crippen molar-refractivity contribution in [3.63, 3.8) is 0 Å². The monoisotopic (exact) mass is 551 g/mol. The number of nitrogens with zero attached hydrogens (tertiary/aromatic N) is 1. The molecule has 0 radical (unpaired) electrons. The second kappa shape index (κ2) is 10.3. The molecular formula is C22H19Cl2F4N3O3S. The molecule has 6 nitrogen and oxygen atoms in total. The third-order valence-corrected chi connectivity index (χ3v) is 7.64. The Morgan fingerprint density at radius 1 is 1.14 bits per heavy atom. The zero-order valence-electron chi connectivity index (χ0n) is 17.9. The maximum atomic E-state index is 13.9. The molecule has 35 heavy (non-hydrogen) atoms. The van der Waals surface area contributed by atoms with Gasteiger partial charge in [0.25, 0.3) is 0 Å². The highest BCUT2D eigenvalue weighted by Crippen LogP contribution is 2.36. The number of hydrogen-bond acceptors (Lipinski definition) is 5. The number of hydrogen-bond donors (Lipinski definition) is 2. The Hall–Kier alpha value is -2.39. The van der Waals surface area contributed by atoms with Crippen LogP contribution >= 0.6 is 23.2 Å². The number of halogens is 6. The fraction of sp³-hybridized carbons (Fsp3) is 0.364. The molecule has 1 aliphatic carbocycles. The predicted octanol–water partition coefficient (Wildman–Crippen LogP) is 4.48. The molecule has 1 aliphatic rings. The van der Waals surface area contributed by atoms with Crippen molar-refractivity contribution < 1.29 is 30.8 Å². The van der Waals surface area contributed by atoms with Gasteiger partial charge >= 0.3 is 6.18 Å². The van der Waals surface area contributed by atoms with Gasteiger partial charge in [-0.05, 0) is 42.7 Å². The number of nitriles is 1. The average molecular weight is 552 g/mol. The number of sulfone groups is 1. The van der Waals surface area contributed by atoms with Crippen molar-refractivity contribution in [2.24, 2.45) is 0 Å². The highest BCUT2D eigenvalue weighted by molar-refractivity contribution is 7.90. The molecule has 0 saturated heterocycles. The van der Waals surface area contributed by atoms with Gasteiger partial charge in [-0.25, -0.2) is 12.8 Å². The third-order valence-electron chi connectivity index (χ3n) is 5.37. The number of carbonyl (C=O) groups is 1. The van der Waals surface area contributed by atoms with Crippen LogP contribution in [0.1, 0.15) is 30.0 Å². The molecule has 1 saturated carbocycles. The van der Waals surface area contributed by atoms with Crippen LogP contribution in [-0.2, 0) is 20.4 Å². The Morgan fingerprint density at radius 3 is 2.26 bits per heavy atom. The van der Waals surface area contributed by atoms with Gasteiger partial charge in [-0.3, -0.25) is 10.1 Å². The van der Waals surface area contributed by atoms with E-state index in [0.717, 1.165) is 18.2 Å². The van der Waals surface area contributed by atoms with Gasteiger partial charge in [0.1, 0.15) is 23.4 Å². The van der Waals surface area contributed by atoms with Crippen LogP contribution in [0, 0.1) is 17.1 Å². The van der Waals surface area contributed by atoms with E-state index >= 15 is 0 Å². The molecule has 2 aromatic carbocycles. The maximum absolute atomic E-state index is 13.9. The molecule has 1 amide bonds. The van der Waals surface area contributed by atoms with Crippen molar-refractivity contribution in [1.29, 1.82) is 5.26 Å². The summed E-state index contributed by atoms with van der Waals surface area (Å²) in [6, 6.07) is 5.29. The fourth-order valence-electron chi connectivity index (χ4n) is 3.38. The van der Waals surface area contributed by atoms with E-state index in [1.807, 2.05) is 11.4 Å². The quantitative estimate of drug-likeness (QED) is 0.447. The molecule has 2 N–H and O–H groups in total. The van der Waals surface area contributed by atoms with E-state index in [-0.39, 0.29) is 28.5 Å². The zero-order valence-corrected chi connectivity index (χ0v) is 20.2. The van der Waals surface area contributed by atoms with E-state index < -0.39 is 62.4 Å². The van der Waals surface area contributed by atoms with Crippen molar-refractivity contribution >= 4 is 38.9 Å². The van der Waals surface area contributed by atoms with Crippen LogP contribution in [-0.4, -0.2) is 37.8 Å². The Morgan fingerprint density at radius 2 is 1.74 bits per heavy atom. The van der Waals surface area contributed by atoms with E-state index in [1.54, 1.807) is 0 Å². The van der Waals surface area contributed by atoms with Gasteiger partial charge in [0.15, 0.2) is 9.84 Å². The van der Waals surface area contributed by atoms with Crippen LogP contribution in [0.3, 0.4) is 0 Å². The molecule has 0 aliphatic heterocycles. The molecule has 0 heterocycles. The predicted molar refractivity (Wildman–Crippen MR) is 122 cm³/mol. The number of nitrogens with one attached hydrogen (secondary N) is 2. The van der Waals surface area contributed by atoms with E-state index in [1.165, 1.54) is 18.2 Å². The van der Waals surface area contributed by atoms with Crippen molar-refractivity contribution in [2.75, 3.05) is 5.75 Å². The number of benzene rings is 2. The molecule has 3 rings (SSSR count). The minimum Gasteiger partial charge on any atom is -0.336 e. The minimum atomic E-state index is -5.01. The van der Waals surface area contributed by atoms with E-state index in [9.17, 15) is 36.0 Å². The maximum Gasteiger partial charge on any atom is 0.407 e. The molecule has 0 bridgehead atoms. The van der Waals surface area contributed by atoms with Gasteiger partial charge in [0, 0.05) is 15.6 Å². The average Bonchev–Trinajstić information content (AvgIpc) is 3.52. The summed E-state index contributed by atoms with van der Waals surface area (Å²) in [5, 5.41) is 13.7. The Kier molecular flexibility index (Phi) is 8.01. The second-order valence-corrected chi connectivity index (χ2v) is 11.1. The van der Waals surface area contributed by atoms with Crippen LogP contribution in [0.2, 0.25) is 10.0 Å². The summed E-state index contributed by atoms with van der Waals surface area (Å²) in [6.45, 7) is 0. The fourth-order valence-corrected chi connectivity index (χ4v) is 5.70. The summed E-state index contributed by atoms with van der Waals surface area (Å²) in [7, 11) is -4.26. The van der Waals surface area contributed by atoms with Gasteiger partial charge in [-0.2, -0.15) is 18.4 Å². The Bertz CT molecular complexity index is 1240. The highest BCUT2D eigenvalue weighted by atomic mass is 35.5. The first-order valence-electron chi connectivity index (χ1n) is 10.2. The smallest absolute Gasteiger partial charge is 0.336 e. The molecule has 0 spiro atoms. The van der Waals surface area contributed by atoms with E-state index in [2.05, 4.69) is 5.32 Å². The largest absolute Gasteiger partial charge is 0.407 e. The van der Waals surface area contributed by atoms with Crippen molar-refractivity contribution in [3.05, 3.63) is 69.5 Å². The van der Waals surface area contributed by atoms with Crippen LogP contribution < -0.4 is 10.6 Å². The number of alkyl halides is 3. The number of amides is 1. The third kappa shape index (κ3) is 7.07. The van der Waals surface area contributed by atoms with Crippen LogP contribution in [0.15, 0.2) is 42.5 Å². The van der Waals surface area contributed by atoms with E-state index in [4.69, 9.17) is 23.2 Å². The lowest BCUT2D eigenvalue weighted by Gasteiger charge is -2.28. The SMILES string of the molecule is N#CC1(NC(=O)[C@H](CS(=O)(=O)Cc2c(Cl)cccc2Cl)N[C@@H](c2cccc(F)c2)C(F)(F)F)CC1. The van der Waals surface area contributed by atoms with Crippen molar-refractivity contribution in [2.45, 2.75) is 42.4 Å². The molecular weight excluding hydrogens is 533 g/mol. The lowest BCUT2D eigenvalue weighted by atomic mass is 10.0. The molecule has 1 fully saturated rings. The standard InChI is InChI=1S/C22H19Cl2F4N3O3S/c23-16-5-2-6-17(24)15(16)10-35(33,34)11-18(20(32)31-21(12-29)7-8-21)30-19(22(26,27)28)13-3-1-4-14(25)9-13/h1-6,9,18-19,30H,7-8,10-11H2,(H,31,32)/t18-,19-/m0/s1. The van der Waals surface area contributed by atoms with Gasteiger partial charge in [-0.1, -0.05) is 41.4 Å². The Labute approximate surface area is 209 Å². The topological polar surface area (TPSA) is 99.1 Å². The first-order chi connectivity index (χ1) is 16.3. The first kappa shape index (κ1) is 27.2. The summed E-state index contributed by atoms with van der Waals surface area (Å²) < 4.78 is 81.3. The number of rotatable bonds is 9. The molecule has 13 heteroatoms. The minimum absolute atomic E-state index is 0.0307. The second-order valence-electron chi connectivity index (χ2n) is 8.19. The highest BCUT2D eigenvalue weighted by Gasteiger charge is 2.48. The number of carbonyl (C=O) groups excluding carboxylic acids is 1. The van der Waals surface area contributed by atoms with Crippen LogP contribution in [0.25, 0.3) is 0 Å². The van der Waals surface area contributed by atoms with Crippen molar-refractivity contribution in [3.8, 4) is 6.07 Å². The molecule has 0 aromatic heterocycles. The molecule has 188 valence electrons. The van der Waals surface area contributed by atoms with Crippen molar-refractivity contribution in [1.82, 2.24) is 10.6 Å². The van der Waals surface area contributed by atoms with Gasteiger partial charge in [-0.15, -0.1) is 0 Å². The summed E-state index contributed by atoms with van der Waals surface area (Å²) in [5.74, 6) is -3.86. The molecule has 2 atom stereocenters.